The molecular weight excluding hydrogens is 352 g/mol. The molecule has 0 spiro atoms. The van der Waals surface area contributed by atoms with E-state index in [1.165, 1.54) is 0 Å². The topological polar surface area (TPSA) is 74.8 Å². The van der Waals surface area contributed by atoms with Crippen LogP contribution in [-0.2, 0) is 4.79 Å². The van der Waals surface area contributed by atoms with Gasteiger partial charge >= 0.3 is 6.03 Å². The lowest BCUT2D eigenvalue weighted by atomic mass is 10.0. The number of hydrogen-bond donors (Lipinski definition) is 1. The van der Waals surface area contributed by atoms with Crippen LogP contribution in [0.3, 0.4) is 0 Å². The molecule has 3 amide bonds. The van der Waals surface area contributed by atoms with E-state index in [2.05, 4.69) is 10.3 Å². The van der Waals surface area contributed by atoms with Crippen LogP contribution in [0.2, 0.25) is 0 Å². The molecule has 0 aliphatic carbocycles. The molecule has 0 radical (unpaired) electrons. The van der Waals surface area contributed by atoms with Crippen molar-refractivity contribution in [3.8, 4) is 5.75 Å². The standard InChI is InChI=1S/C18H20N4O3S/c1-21-13-6-5-12(10-15(13)25-11-16(21)23)20-18(24)22-8-3-2-4-14(22)17-19-7-9-26-17/h5-7,9-10,14H,2-4,8,11H2,1H3,(H,20,24). The summed E-state index contributed by atoms with van der Waals surface area (Å²) in [5.74, 6) is 0.508. The van der Waals surface area contributed by atoms with Gasteiger partial charge in [0.15, 0.2) is 6.61 Å². The average Bonchev–Trinajstić information content (AvgIpc) is 3.19. The maximum absolute atomic E-state index is 12.8. The third kappa shape index (κ3) is 3.12. The minimum atomic E-state index is -0.134. The molecule has 1 saturated heterocycles. The highest BCUT2D eigenvalue weighted by atomic mass is 32.1. The molecule has 1 unspecified atom stereocenters. The number of nitrogens with zero attached hydrogens (tertiary/aromatic N) is 3. The van der Waals surface area contributed by atoms with Crippen molar-refractivity contribution in [3.63, 3.8) is 0 Å². The van der Waals surface area contributed by atoms with Gasteiger partial charge in [-0.2, -0.15) is 0 Å². The largest absolute Gasteiger partial charge is 0.481 e. The molecule has 136 valence electrons. The zero-order valence-corrected chi connectivity index (χ0v) is 15.3. The van der Waals surface area contributed by atoms with Crippen molar-refractivity contribution in [3.05, 3.63) is 34.8 Å². The Morgan fingerprint density at radius 3 is 3.08 bits per heavy atom. The quantitative estimate of drug-likeness (QED) is 0.878. The van der Waals surface area contributed by atoms with Crippen LogP contribution in [0.25, 0.3) is 0 Å². The fraction of sp³-hybridized carbons (Fsp3) is 0.389. The van der Waals surface area contributed by atoms with E-state index in [-0.39, 0.29) is 24.6 Å². The summed E-state index contributed by atoms with van der Waals surface area (Å²) in [6.07, 6.45) is 4.81. The summed E-state index contributed by atoms with van der Waals surface area (Å²) < 4.78 is 5.49. The second kappa shape index (κ2) is 6.95. The number of likely N-dealkylation sites (N-methyl/N-ethyl adjacent to an activating group) is 1. The second-order valence-electron chi connectivity index (χ2n) is 6.43. The third-order valence-electron chi connectivity index (χ3n) is 4.80. The molecule has 8 heteroatoms. The molecule has 1 fully saturated rings. The summed E-state index contributed by atoms with van der Waals surface area (Å²) in [5, 5.41) is 5.88. The number of aromatic nitrogens is 1. The summed E-state index contributed by atoms with van der Waals surface area (Å²) in [7, 11) is 1.72. The number of nitrogens with one attached hydrogen (secondary N) is 1. The predicted molar refractivity (Wildman–Crippen MR) is 99.8 cm³/mol. The van der Waals surface area contributed by atoms with Crippen LogP contribution in [0.4, 0.5) is 16.2 Å². The molecule has 2 aliphatic heterocycles. The van der Waals surface area contributed by atoms with Gasteiger partial charge < -0.3 is 19.9 Å². The van der Waals surface area contributed by atoms with Crippen LogP contribution >= 0.6 is 11.3 Å². The Bertz CT molecular complexity index is 824. The number of hydrogen-bond acceptors (Lipinski definition) is 5. The van der Waals surface area contributed by atoms with Crippen LogP contribution in [0, 0.1) is 0 Å². The first-order chi connectivity index (χ1) is 12.6. The maximum Gasteiger partial charge on any atom is 0.322 e. The van der Waals surface area contributed by atoms with Crippen LogP contribution in [0.5, 0.6) is 5.75 Å². The Labute approximate surface area is 155 Å². The number of ether oxygens (including phenoxy) is 1. The number of carbonyl (C=O) groups excluding carboxylic acids is 2. The van der Waals surface area contributed by atoms with Crippen molar-refractivity contribution in [2.75, 3.05) is 30.4 Å². The van der Waals surface area contributed by atoms with Gasteiger partial charge in [-0.05, 0) is 31.4 Å². The molecule has 1 aromatic heterocycles. The molecule has 3 heterocycles. The lowest BCUT2D eigenvalue weighted by Crippen LogP contribution is -2.41. The molecule has 4 rings (SSSR count). The number of likely N-dealkylation sites (tertiary alicyclic amines) is 1. The number of urea groups is 1. The van der Waals surface area contributed by atoms with Gasteiger partial charge in [0, 0.05) is 36.9 Å². The van der Waals surface area contributed by atoms with Gasteiger partial charge in [-0.25, -0.2) is 9.78 Å². The Balaban J connectivity index is 1.51. The number of thiazole rings is 1. The highest BCUT2D eigenvalue weighted by Crippen LogP contribution is 2.35. The average molecular weight is 372 g/mol. The normalized spacial score (nSPS) is 19.7. The highest BCUT2D eigenvalue weighted by Gasteiger charge is 2.30. The summed E-state index contributed by atoms with van der Waals surface area (Å²) in [6.45, 7) is 0.730. The molecule has 1 N–H and O–H groups in total. The van der Waals surface area contributed by atoms with Crippen LogP contribution in [0.15, 0.2) is 29.8 Å². The second-order valence-corrected chi connectivity index (χ2v) is 7.36. The van der Waals surface area contributed by atoms with Gasteiger partial charge in [-0.3, -0.25) is 4.79 Å². The molecule has 2 aliphatic rings. The SMILES string of the molecule is CN1C(=O)COc2cc(NC(=O)N3CCCCC3c3nccs3)ccc21. The maximum atomic E-state index is 12.8. The molecule has 1 aromatic carbocycles. The van der Waals surface area contributed by atoms with E-state index in [0.717, 1.165) is 30.8 Å². The zero-order valence-electron chi connectivity index (χ0n) is 14.5. The first-order valence-electron chi connectivity index (χ1n) is 8.64. The number of carbonyl (C=O) groups is 2. The van der Waals surface area contributed by atoms with E-state index in [4.69, 9.17) is 4.74 Å². The van der Waals surface area contributed by atoms with Crippen molar-refractivity contribution in [2.45, 2.75) is 25.3 Å². The number of amides is 3. The Kier molecular flexibility index (Phi) is 4.50. The molecule has 0 bridgehead atoms. The van der Waals surface area contributed by atoms with Gasteiger partial charge in [0.2, 0.25) is 0 Å². The Morgan fingerprint density at radius 2 is 2.27 bits per heavy atom. The predicted octanol–water partition coefficient (Wildman–Crippen LogP) is 3.26. The lowest BCUT2D eigenvalue weighted by Gasteiger charge is -2.34. The van der Waals surface area contributed by atoms with Crippen molar-refractivity contribution in [1.82, 2.24) is 9.88 Å². The number of piperidine rings is 1. The van der Waals surface area contributed by atoms with E-state index >= 15 is 0 Å². The van der Waals surface area contributed by atoms with E-state index in [1.807, 2.05) is 10.3 Å². The lowest BCUT2D eigenvalue weighted by molar-refractivity contribution is -0.120. The molecule has 2 aromatic rings. The Morgan fingerprint density at radius 1 is 1.38 bits per heavy atom. The van der Waals surface area contributed by atoms with Gasteiger partial charge in [-0.15, -0.1) is 11.3 Å². The Hall–Kier alpha value is -2.61. The van der Waals surface area contributed by atoms with Crippen LogP contribution in [0.1, 0.15) is 30.3 Å². The van der Waals surface area contributed by atoms with Crippen LogP contribution in [-0.4, -0.2) is 42.0 Å². The smallest absolute Gasteiger partial charge is 0.322 e. The van der Waals surface area contributed by atoms with Gasteiger partial charge in [0.1, 0.15) is 10.8 Å². The summed E-state index contributed by atoms with van der Waals surface area (Å²) >= 11 is 1.59. The van der Waals surface area contributed by atoms with E-state index in [0.29, 0.717) is 17.1 Å². The number of benzene rings is 1. The van der Waals surface area contributed by atoms with Crippen molar-refractivity contribution < 1.29 is 14.3 Å². The van der Waals surface area contributed by atoms with E-state index in [1.54, 1.807) is 47.7 Å². The number of fused-ring (bicyclic) bond motifs is 1. The molecule has 26 heavy (non-hydrogen) atoms. The summed E-state index contributed by atoms with van der Waals surface area (Å²) in [5.41, 5.74) is 1.36. The molecule has 0 saturated carbocycles. The summed E-state index contributed by atoms with van der Waals surface area (Å²) in [4.78, 5) is 32.4. The van der Waals surface area contributed by atoms with Crippen LogP contribution < -0.4 is 15.0 Å². The van der Waals surface area contributed by atoms with E-state index < -0.39 is 0 Å². The fourth-order valence-electron chi connectivity index (χ4n) is 3.38. The molecule has 1 atom stereocenters. The fourth-order valence-corrected chi connectivity index (χ4v) is 4.17. The van der Waals surface area contributed by atoms with Gasteiger partial charge in [0.05, 0.1) is 11.7 Å². The minimum Gasteiger partial charge on any atom is -0.481 e. The number of anilines is 2. The highest BCUT2D eigenvalue weighted by molar-refractivity contribution is 7.09. The van der Waals surface area contributed by atoms with Crippen molar-refractivity contribution >= 4 is 34.6 Å². The first kappa shape index (κ1) is 16.8. The minimum absolute atomic E-state index is 0.0130. The zero-order chi connectivity index (χ0) is 18.1. The van der Waals surface area contributed by atoms with Crippen molar-refractivity contribution in [1.29, 1.82) is 0 Å². The third-order valence-corrected chi connectivity index (χ3v) is 5.67. The first-order valence-corrected chi connectivity index (χ1v) is 9.52. The van der Waals surface area contributed by atoms with Crippen molar-refractivity contribution in [2.24, 2.45) is 0 Å². The van der Waals surface area contributed by atoms with Gasteiger partial charge in [0.25, 0.3) is 5.91 Å². The summed E-state index contributed by atoms with van der Waals surface area (Å²) in [6, 6.07) is 5.23. The number of rotatable bonds is 2. The molecule has 7 nitrogen and oxygen atoms in total. The van der Waals surface area contributed by atoms with E-state index in [9.17, 15) is 9.59 Å². The molecular formula is C18H20N4O3S. The monoisotopic (exact) mass is 372 g/mol. The van der Waals surface area contributed by atoms with Gasteiger partial charge in [-0.1, -0.05) is 0 Å².